The first-order valence-corrected chi connectivity index (χ1v) is 11.3. The number of rotatable bonds is 2. The molecule has 0 amide bonds. The van der Waals surface area contributed by atoms with E-state index >= 15 is 0 Å². The average Bonchev–Trinajstić information content (AvgIpc) is 2.77. The zero-order valence-corrected chi connectivity index (χ0v) is 28.0. The van der Waals surface area contributed by atoms with Crippen molar-refractivity contribution < 1.29 is 18.4 Å². The SMILES string of the molecule is C[n+]1cccc2cc(/C=C3\C[N+](C)(C)C/C(=C\c4ccc5c(ccc[n+]5C)c4)C3=O)ccc21.I.I.I. The molecule has 1 fully saturated rings. The minimum atomic E-state index is 0. The van der Waals surface area contributed by atoms with Crippen LogP contribution in [0.3, 0.4) is 0 Å². The molecule has 36 heavy (non-hydrogen) atoms. The van der Waals surface area contributed by atoms with Crippen molar-refractivity contribution in [3.8, 4) is 0 Å². The van der Waals surface area contributed by atoms with E-state index < -0.39 is 0 Å². The molecule has 0 unspecified atom stereocenters. The Balaban J connectivity index is 0.00000152. The number of halogens is 3. The van der Waals surface area contributed by atoms with E-state index in [1.54, 1.807) is 0 Å². The van der Waals surface area contributed by atoms with Crippen molar-refractivity contribution in [2.75, 3.05) is 27.2 Å². The number of ketones is 1. The molecule has 2 aromatic carbocycles. The van der Waals surface area contributed by atoms with E-state index in [4.69, 9.17) is 0 Å². The third-order valence-corrected chi connectivity index (χ3v) is 6.50. The van der Waals surface area contributed by atoms with Crippen LogP contribution in [0.4, 0.5) is 0 Å². The predicted molar refractivity (Wildman–Crippen MR) is 179 cm³/mol. The summed E-state index contributed by atoms with van der Waals surface area (Å²) in [5.74, 6) is 0.157. The van der Waals surface area contributed by atoms with Crippen LogP contribution in [0, 0.1) is 0 Å². The number of hydrogen-bond acceptors (Lipinski definition) is 1. The molecular weight excluding hydrogens is 787 g/mol. The number of benzene rings is 2. The second kappa shape index (κ2) is 12.4. The standard InChI is InChI=1S/C29H30N3O.3HI/c1-30-13-5-7-23-15-21(9-11-27(23)30)17-25-19-32(3,4)20-26(29(25)33)18-22-10-12-28-24(16-22)8-6-14-31(28)2;;;/h5-18H,19-20H2,1-4H3;3*1H/q+3;;;/b25-17+,26-18+;;;. The van der Waals surface area contributed by atoms with Gasteiger partial charge in [0.15, 0.2) is 18.2 Å². The topological polar surface area (TPSA) is 24.8 Å². The number of pyridine rings is 2. The van der Waals surface area contributed by atoms with E-state index in [-0.39, 0.29) is 77.7 Å². The maximum absolute atomic E-state index is 13.5. The van der Waals surface area contributed by atoms with Gasteiger partial charge in [0.1, 0.15) is 27.2 Å². The largest absolute Gasteiger partial charge is 0.321 e. The highest BCUT2D eigenvalue weighted by molar-refractivity contribution is 14.0. The molecule has 0 N–H and O–H groups in total. The lowest BCUT2D eigenvalue weighted by Crippen LogP contribution is -2.48. The molecule has 0 aliphatic carbocycles. The van der Waals surface area contributed by atoms with Crippen LogP contribution in [-0.4, -0.2) is 37.5 Å². The van der Waals surface area contributed by atoms with Crippen molar-refractivity contribution in [2.45, 2.75) is 0 Å². The van der Waals surface area contributed by atoms with Crippen LogP contribution < -0.4 is 9.13 Å². The van der Waals surface area contributed by atoms with E-state index in [2.05, 4.69) is 123 Å². The third kappa shape index (κ3) is 6.51. The van der Waals surface area contributed by atoms with E-state index in [1.807, 2.05) is 0 Å². The monoisotopic (exact) mass is 820 g/mol. The fourth-order valence-corrected chi connectivity index (χ4v) is 4.90. The molecule has 0 radical (unpaired) electrons. The van der Waals surface area contributed by atoms with Crippen LogP contribution >= 0.6 is 71.9 Å². The number of quaternary nitrogens is 1. The lowest BCUT2D eigenvalue weighted by Gasteiger charge is -2.35. The fourth-order valence-electron chi connectivity index (χ4n) is 4.90. The van der Waals surface area contributed by atoms with Crippen molar-refractivity contribution in [3.63, 3.8) is 0 Å². The maximum Gasteiger partial charge on any atom is 0.212 e. The number of piperidine rings is 1. The highest BCUT2D eigenvalue weighted by atomic mass is 127. The highest BCUT2D eigenvalue weighted by Gasteiger charge is 2.33. The van der Waals surface area contributed by atoms with Crippen LogP contribution in [0.15, 0.2) is 84.2 Å². The molecule has 1 aliphatic rings. The van der Waals surface area contributed by atoms with Gasteiger partial charge in [-0.05, 0) is 59.7 Å². The smallest absolute Gasteiger partial charge is 0.212 e. The minimum absolute atomic E-state index is 0. The van der Waals surface area contributed by atoms with Crippen LogP contribution in [0.2, 0.25) is 0 Å². The molecule has 7 heteroatoms. The Labute approximate surface area is 264 Å². The number of carbonyl (C=O) groups excluding carboxylic acids is 1. The summed E-state index contributed by atoms with van der Waals surface area (Å²) in [6, 6.07) is 21.1. The van der Waals surface area contributed by atoms with E-state index in [0.717, 1.165) is 39.8 Å². The molecule has 0 spiro atoms. The van der Waals surface area contributed by atoms with Gasteiger partial charge in [-0.15, -0.1) is 71.9 Å². The molecule has 1 aliphatic heterocycles. The Morgan fingerprint density at radius 2 is 1.11 bits per heavy atom. The van der Waals surface area contributed by atoms with Gasteiger partial charge in [0.05, 0.1) is 25.2 Å². The van der Waals surface area contributed by atoms with Crippen molar-refractivity contribution in [3.05, 3.63) is 95.3 Å². The summed E-state index contributed by atoms with van der Waals surface area (Å²) in [4.78, 5) is 13.5. The molecule has 3 heterocycles. The molecule has 4 aromatic rings. The van der Waals surface area contributed by atoms with Gasteiger partial charge in [-0.2, -0.15) is 0 Å². The zero-order chi connectivity index (χ0) is 23.2. The Kier molecular flexibility index (Phi) is 10.6. The minimum Gasteiger partial charge on any atom is -0.321 e. The van der Waals surface area contributed by atoms with Gasteiger partial charge in [0.25, 0.3) is 0 Å². The lowest BCUT2D eigenvalue weighted by atomic mass is 9.93. The molecule has 5 rings (SSSR count). The Morgan fingerprint density at radius 3 is 1.53 bits per heavy atom. The summed E-state index contributed by atoms with van der Waals surface area (Å²) in [5.41, 5.74) is 6.22. The zero-order valence-electron chi connectivity index (χ0n) is 21.0. The summed E-state index contributed by atoms with van der Waals surface area (Å²) < 4.78 is 4.99. The number of carbonyl (C=O) groups is 1. The molecule has 1 saturated heterocycles. The Morgan fingerprint density at radius 1 is 0.694 bits per heavy atom. The van der Waals surface area contributed by atoms with Crippen molar-refractivity contribution in [1.82, 2.24) is 0 Å². The van der Waals surface area contributed by atoms with Crippen LogP contribution in [0.5, 0.6) is 0 Å². The number of likely N-dealkylation sites (tertiary alicyclic amines) is 1. The molecule has 2 aromatic heterocycles. The number of fused-ring (bicyclic) bond motifs is 2. The normalized spacial score (nSPS) is 16.9. The quantitative estimate of drug-likeness (QED) is 0.112. The molecule has 0 atom stereocenters. The van der Waals surface area contributed by atoms with Gasteiger partial charge in [-0.1, -0.05) is 0 Å². The summed E-state index contributed by atoms with van der Waals surface area (Å²) in [6.45, 7) is 1.45. The summed E-state index contributed by atoms with van der Waals surface area (Å²) in [5, 5.41) is 2.35. The number of hydrogen-bond donors (Lipinski definition) is 0. The van der Waals surface area contributed by atoms with Gasteiger partial charge in [0.2, 0.25) is 11.0 Å². The Hall–Kier alpha value is -1.44. The summed E-state index contributed by atoms with van der Waals surface area (Å²) in [7, 11) is 8.48. The fraction of sp³-hybridized carbons (Fsp3) is 0.207. The molecule has 0 bridgehead atoms. The second-order valence-corrected chi connectivity index (χ2v) is 9.79. The maximum atomic E-state index is 13.5. The van der Waals surface area contributed by atoms with Gasteiger partial charge in [-0.3, -0.25) is 4.79 Å². The molecular formula is C29H33I3N3O+3. The van der Waals surface area contributed by atoms with Gasteiger partial charge in [0, 0.05) is 35.0 Å². The van der Waals surface area contributed by atoms with Gasteiger partial charge >= 0.3 is 0 Å². The van der Waals surface area contributed by atoms with Crippen molar-refractivity contribution in [2.24, 2.45) is 14.1 Å². The molecule has 188 valence electrons. The van der Waals surface area contributed by atoms with E-state index in [0.29, 0.717) is 0 Å². The number of aromatic nitrogens is 2. The molecule has 0 saturated carbocycles. The summed E-state index contributed by atoms with van der Waals surface area (Å²) in [6.07, 6.45) is 8.24. The number of Topliss-reactive ketones (excluding diaryl/α,β-unsaturated/α-hetero) is 1. The van der Waals surface area contributed by atoms with E-state index in [9.17, 15) is 4.79 Å². The lowest BCUT2D eigenvalue weighted by molar-refractivity contribution is -0.881. The highest BCUT2D eigenvalue weighted by Crippen LogP contribution is 2.26. The Bertz CT molecular complexity index is 1380. The third-order valence-electron chi connectivity index (χ3n) is 6.50. The predicted octanol–water partition coefficient (Wildman–Crippen LogP) is 5.62. The van der Waals surface area contributed by atoms with E-state index in [1.165, 1.54) is 21.8 Å². The second-order valence-electron chi connectivity index (χ2n) is 9.79. The first-order chi connectivity index (χ1) is 15.8. The van der Waals surface area contributed by atoms with Crippen LogP contribution in [0.25, 0.3) is 34.0 Å². The van der Waals surface area contributed by atoms with Gasteiger partial charge < -0.3 is 4.48 Å². The number of aryl methyl sites for hydroxylation is 2. The molecule has 4 nitrogen and oxygen atoms in total. The van der Waals surface area contributed by atoms with Crippen molar-refractivity contribution in [1.29, 1.82) is 0 Å². The number of nitrogens with zero attached hydrogens (tertiary/aromatic N) is 3. The van der Waals surface area contributed by atoms with Gasteiger partial charge in [-0.25, -0.2) is 9.13 Å². The van der Waals surface area contributed by atoms with Crippen LogP contribution in [-0.2, 0) is 18.9 Å². The first-order valence-electron chi connectivity index (χ1n) is 11.3. The van der Waals surface area contributed by atoms with Crippen LogP contribution in [0.1, 0.15) is 11.1 Å². The number of likely N-dealkylation sites (N-methyl/N-ethyl adjacent to an activating group) is 1. The van der Waals surface area contributed by atoms with Crippen molar-refractivity contribution >= 4 is 112 Å². The summed E-state index contributed by atoms with van der Waals surface area (Å²) >= 11 is 0. The average molecular weight is 820 g/mol. The first kappa shape index (κ1) is 30.8.